The third kappa shape index (κ3) is 9.11. The Balaban J connectivity index is 0.000000193. The van der Waals surface area contributed by atoms with E-state index in [-0.39, 0.29) is 5.92 Å². The molecule has 0 N–H and O–H groups in total. The first kappa shape index (κ1) is 29.0. The van der Waals surface area contributed by atoms with E-state index in [1.54, 1.807) is 6.07 Å². The van der Waals surface area contributed by atoms with Gasteiger partial charge in [0.2, 0.25) is 0 Å². The number of halogens is 2. The molecule has 1 saturated heterocycles. The van der Waals surface area contributed by atoms with Gasteiger partial charge in [-0.15, -0.1) is 0 Å². The molecule has 0 atom stereocenters. The van der Waals surface area contributed by atoms with Crippen LogP contribution in [0.15, 0.2) is 66.7 Å². The molecular weight excluding hydrogens is 450 g/mol. The molecule has 0 amide bonds. The molecule has 0 aliphatic carbocycles. The Morgan fingerprint density at radius 2 is 1.19 bits per heavy atom. The van der Waals surface area contributed by atoms with Gasteiger partial charge in [-0.25, -0.2) is 8.78 Å². The van der Waals surface area contributed by atoms with E-state index in [4.69, 9.17) is 5.26 Å². The lowest BCUT2D eigenvalue weighted by Crippen LogP contribution is -2.17. The molecule has 1 fully saturated rings. The summed E-state index contributed by atoms with van der Waals surface area (Å²) in [5.74, 6) is -0.129. The zero-order valence-corrected chi connectivity index (χ0v) is 22.6. The number of rotatable bonds is 4. The van der Waals surface area contributed by atoms with Crippen LogP contribution in [0.1, 0.15) is 94.4 Å². The van der Waals surface area contributed by atoms with Crippen LogP contribution in [0.25, 0.3) is 0 Å². The Kier molecular flexibility index (Phi) is 11.6. The predicted molar refractivity (Wildman–Crippen MR) is 148 cm³/mol. The molecule has 3 aromatic rings. The van der Waals surface area contributed by atoms with Gasteiger partial charge in [-0.2, -0.15) is 5.26 Å². The number of hydrogen-bond acceptors (Lipinski definition) is 2. The second kappa shape index (κ2) is 14.4. The van der Waals surface area contributed by atoms with Crippen molar-refractivity contribution in [1.29, 1.82) is 5.26 Å². The van der Waals surface area contributed by atoms with Crippen molar-refractivity contribution in [1.82, 2.24) is 0 Å². The summed E-state index contributed by atoms with van der Waals surface area (Å²) in [4.78, 5) is 2.49. The smallest absolute Gasteiger partial charge is 0.159 e. The fraction of sp³-hybridized carbons (Fsp3) is 0.406. The summed E-state index contributed by atoms with van der Waals surface area (Å²) < 4.78 is 25.0. The second-order valence-corrected chi connectivity index (χ2v) is 10.2. The summed E-state index contributed by atoms with van der Waals surface area (Å²) in [7, 11) is 0. The molecule has 192 valence electrons. The van der Waals surface area contributed by atoms with Gasteiger partial charge in [0.15, 0.2) is 11.6 Å². The number of nitrogens with zero attached hydrogens (tertiary/aromatic N) is 2. The first-order chi connectivity index (χ1) is 17.1. The first-order valence-electron chi connectivity index (χ1n) is 12.9. The van der Waals surface area contributed by atoms with E-state index in [1.165, 1.54) is 48.8 Å². The van der Waals surface area contributed by atoms with Gasteiger partial charge in [0.05, 0.1) is 11.6 Å². The van der Waals surface area contributed by atoms with Gasteiger partial charge in [-0.05, 0) is 83.7 Å². The van der Waals surface area contributed by atoms with Gasteiger partial charge < -0.3 is 4.90 Å². The molecule has 0 spiro atoms. The minimum atomic E-state index is -0.783. The maximum Gasteiger partial charge on any atom is 0.159 e. The number of hydrogen-bond donors (Lipinski definition) is 0. The molecule has 3 aromatic carbocycles. The third-order valence-corrected chi connectivity index (χ3v) is 6.32. The van der Waals surface area contributed by atoms with E-state index in [9.17, 15) is 8.78 Å². The van der Waals surface area contributed by atoms with Crippen LogP contribution in [0.4, 0.5) is 14.5 Å². The quantitative estimate of drug-likeness (QED) is 0.364. The molecule has 36 heavy (non-hydrogen) atoms. The average molecular weight is 491 g/mol. The summed E-state index contributed by atoms with van der Waals surface area (Å²) >= 11 is 0. The zero-order valence-electron chi connectivity index (χ0n) is 22.6. The highest BCUT2D eigenvalue weighted by molar-refractivity contribution is 5.49. The van der Waals surface area contributed by atoms with Crippen molar-refractivity contribution >= 4 is 5.69 Å². The molecule has 2 nitrogen and oxygen atoms in total. The predicted octanol–water partition coefficient (Wildman–Crippen LogP) is 9.18. The van der Waals surface area contributed by atoms with Crippen LogP contribution < -0.4 is 4.90 Å². The van der Waals surface area contributed by atoms with E-state index in [2.05, 4.69) is 62.9 Å². The average Bonchev–Trinajstić information content (AvgIpc) is 3.42. The van der Waals surface area contributed by atoms with Crippen LogP contribution in [0.3, 0.4) is 0 Å². The Hall–Kier alpha value is -3.19. The van der Waals surface area contributed by atoms with Gasteiger partial charge in [-0.1, -0.05) is 71.9 Å². The van der Waals surface area contributed by atoms with Crippen LogP contribution in [0, 0.1) is 23.0 Å². The number of anilines is 1. The Morgan fingerprint density at radius 1 is 0.667 bits per heavy atom. The number of benzene rings is 3. The van der Waals surface area contributed by atoms with Crippen LogP contribution in [0.5, 0.6) is 0 Å². The fourth-order valence-electron chi connectivity index (χ4n) is 3.87. The molecule has 4 rings (SSSR count). The molecule has 0 bridgehead atoms. The zero-order chi connectivity index (χ0) is 26.7. The van der Waals surface area contributed by atoms with Crippen molar-refractivity contribution in [3.63, 3.8) is 0 Å². The maximum absolute atomic E-state index is 12.6. The van der Waals surface area contributed by atoms with E-state index < -0.39 is 11.6 Å². The van der Waals surface area contributed by atoms with Crippen LogP contribution >= 0.6 is 0 Å². The van der Waals surface area contributed by atoms with E-state index in [0.29, 0.717) is 11.8 Å². The van der Waals surface area contributed by atoms with Gasteiger partial charge in [0.1, 0.15) is 0 Å². The molecule has 0 unspecified atom stereocenters. The van der Waals surface area contributed by atoms with Crippen LogP contribution in [-0.2, 0) is 0 Å². The van der Waals surface area contributed by atoms with Crippen molar-refractivity contribution in [2.45, 2.75) is 72.1 Å². The summed E-state index contributed by atoms with van der Waals surface area (Å²) in [6.45, 7) is 15.1. The van der Waals surface area contributed by atoms with E-state index in [0.717, 1.165) is 17.2 Å². The Morgan fingerprint density at radius 3 is 1.69 bits per heavy atom. The summed E-state index contributed by atoms with van der Waals surface area (Å²) in [5.41, 5.74) is 5.70. The molecule has 1 aliphatic rings. The highest BCUT2D eigenvalue weighted by Crippen LogP contribution is 2.24. The summed E-state index contributed by atoms with van der Waals surface area (Å²) in [6, 6.07) is 22.8. The van der Waals surface area contributed by atoms with Crippen molar-refractivity contribution < 1.29 is 8.78 Å². The van der Waals surface area contributed by atoms with Gasteiger partial charge in [0.25, 0.3) is 0 Å². The Labute approximate surface area is 216 Å². The number of nitriles is 1. The normalized spacial score (nSPS) is 12.7. The molecule has 0 saturated carbocycles. The molecule has 0 aromatic heterocycles. The molecule has 1 heterocycles. The third-order valence-electron chi connectivity index (χ3n) is 6.32. The lowest BCUT2D eigenvalue weighted by molar-refractivity contribution is 0.506. The molecular formula is C32H40F2N2. The first-order valence-corrected chi connectivity index (χ1v) is 12.9. The highest BCUT2D eigenvalue weighted by atomic mass is 19.2. The topological polar surface area (TPSA) is 27.0 Å². The monoisotopic (exact) mass is 490 g/mol. The maximum atomic E-state index is 12.6. The largest absolute Gasteiger partial charge is 0.372 e. The second-order valence-electron chi connectivity index (χ2n) is 10.2. The molecule has 1 aliphatic heterocycles. The van der Waals surface area contributed by atoms with Crippen molar-refractivity contribution in [2.75, 3.05) is 18.0 Å². The minimum Gasteiger partial charge on any atom is -0.372 e. The van der Waals surface area contributed by atoms with Gasteiger partial charge in [-0.3, -0.25) is 0 Å². The van der Waals surface area contributed by atoms with Gasteiger partial charge in [0, 0.05) is 18.8 Å². The summed E-state index contributed by atoms with van der Waals surface area (Å²) in [6.07, 6.45) is 2.71. The lowest BCUT2D eigenvalue weighted by Gasteiger charge is -2.19. The summed E-state index contributed by atoms with van der Waals surface area (Å²) in [5, 5.41) is 8.52. The van der Waals surface area contributed by atoms with Crippen molar-refractivity contribution in [2.24, 2.45) is 0 Å². The lowest BCUT2D eigenvalue weighted by atomic mass is 10.0. The fourth-order valence-corrected chi connectivity index (χ4v) is 3.87. The molecule has 4 heteroatoms. The van der Waals surface area contributed by atoms with Crippen LogP contribution in [-0.4, -0.2) is 13.1 Å². The standard InChI is InChI=1S/C13H19N.C10H11N.C9H10F2/c1-11(2)12-6-5-7-13(10-12)14-8-3-4-9-14;1-8(2)10-5-3-9(7-11)4-6-10;1-6(2)7-3-4-8(10)9(11)5-7/h5-7,10-11H,3-4,8-9H2,1-2H3;3-6,8H,1-2H3;3-6H,1-2H3. The van der Waals surface area contributed by atoms with Crippen LogP contribution in [0.2, 0.25) is 0 Å². The highest BCUT2D eigenvalue weighted by Gasteiger charge is 2.12. The van der Waals surface area contributed by atoms with E-state index >= 15 is 0 Å². The SMILES string of the molecule is CC(C)c1ccc(C#N)cc1.CC(C)c1ccc(F)c(F)c1.CC(C)c1cccc(N2CCCC2)c1. The van der Waals surface area contributed by atoms with Gasteiger partial charge >= 0.3 is 0 Å². The minimum absolute atomic E-state index is 0.241. The van der Waals surface area contributed by atoms with Crippen molar-refractivity contribution in [3.8, 4) is 6.07 Å². The molecule has 0 radical (unpaired) electrons. The Bertz CT molecular complexity index is 1110. The van der Waals surface area contributed by atoms with Crippen molar-refractivity contribution in [3.05, 3.63) is 101 Å². The van der Waals surface area contributed by atoms with E-state index in [1.807, 2.05) is 38.1 Å².